The number of allylic oxidation sites excluding steroid dienone is 1. The highest BCUT2D eigenvalue weighted by Gasteiger charge is 2.18. The van der Waals surface area contributed by atoms with Crippen LogP contribution in [0.3, 0.4) is 0 Å². The van der Waals surface area contributed by atoms with E-state index in [4.69, 9.17) is 0 Å². The summed E-state index contributed by atoms with van der Waals surface area (Å²) in [5.41, 5.74) is 4.18. The van der Waals surface area contributed by atoms with E-state index in [-0.39, 0.29) is 0 Å². The molecule has 4 rings (SSSR count). The summed E-state index contributed by atoms with van der Waals surface area (Å²) in [6.07, 6.45) is 5.86. The normalized spacial score (nSPS) is 12.0. The first-order chi connectivity index (χ1) is 16.2. The highest BCUT2D eigenvalue weighted by molar-refractivity contribution is 7.20. The summed E-state index contributed by atoms with van der Waals surface area (Å²) < 4.78 is 1.38. The van der Waals surface area contributed by atoms with Crippen LogP contribution in [0.15, 0.2) is 72.8 Å². The van der Waals surface area contributed by atoms with Crippen molar-refractivity contribution in [2.75, 3.05) is 19.6 Å². The Balaban J connectivity index is 1.66. The van der Waals surface area contributed by atoms with Gasteiger partial charge in [0.05, 0.1) is 10.6 Å². The van der Waals surface area contributed by atoms with E-state index in [1.807, 2.05) is 11.3 Å². The van der Waals surface area contributed by atoms with Crippen LogP contribution >= 0.6 is 11.3 Å². The number of thiophene rings is 1. The minimum Gasteiger partial charge on any atom is -0.366 e. The van der Waals surface area contributed by atoms with Gasteiger partial charge in [0.15, 0.2) is 0 Å². The fraction of sp³-hybridized carbons (Fsp3) is 0.333. The van der Waals surface area contributed by atoms with Crippen molar-refractivity contribution in [2.24, 2.45) is 0 Å². The van der Waals surface area contributed by atoms with Gasteiger partial charge in [0.2, 0.25) is 0 Å². The standard InChI is InChI=1S/C30H36N2S/c1-4-12-28(30-23(3)27-15-8-9-16-29(27)33-30)32(20-11-10-19-31-5-2)22-24-17-18-25-13-6-7-14-26(25)21-24/h6-9,12-18,21,31H,4-5,10-11,19-20,22H2,1-3H3/b28-12+. The first kappa shape index (κ1) is 23.5. The van der Waals surface area contributed by atoms with Gasteiger partial charge in [-0.05, 0) is 78.7 Å². The molecule has 0 unspecified atom stereocenters. The van der Waals surface area contributed by atoms with Crippen LogP contribution in [0.4, 0.5) is 0 Å². The number of aryl methyl sites for hydroxylation is 1. The molecule has 0 saturated carbocycles. The van der Waals surface area contributed by atoms with Gasteiger partial charge in [-0.1, -0.05) is 74.5 Å². The maximum Gasteiger partial charge on any atom is 0.0542 e. The van der Waals surface area contributed by atoms with Gasteiger partial charge in [-0.3, -0.25) is 0 Å². The summed E-state index contributed by atoms with van der Waals surface area (Å²) in [4.78, 5) is 4.04. The molecule has 0 radical (unpaired) electrons. The molecule has 4 aromatic rings. The number of hydrogen-bond donors (Lipinski definition) is 1. The molecule has 2 nitrogen and oxygen atoms in total. The third-order valence-corrected chi connectivity index (χ3v) is 7.58. The van der Waals surface area contributed by atoms with Crippen molar-refractivity contribution in [1.82, 2.24) is 10.2 Å². The van der Waals surface area contributed by atoms with Crippen molar-refractivity contribution in [2.45, 2.75) is 46.6 Å². The number of unbranched alkanes of at least 4 members (excludes halogenated alkanes) is 1. The lowest BCUT2D eigenvalue weighted by atomic mass is 10.1. The number of benzene rings is 3. The van der Waals surface area contributed by atoms with Gasteiger partial charge in [-0.15, -0.1) is 11.3 Å². The second-order valence-electron chi connectivity index (χ2n) is 8.71. The Labute approximate surface area is 202 Å². The van der Waals surface area contributed by atoms with E-state index >= 15 is 0 Å². The van der Waals surface area contributed by atoms with Crippen molar-refractivity contribution >= 4 is 37.9 Å². The molecule has 0 aliphatic carbocycles. The predicted octanol–water partition coefficient (Wildman–Crippen LogP) is 8.01. The molecular formula is C30H36N2S. The van der Waals surface area contributed by atoms with Crippen molar-refractivity contribution in [3.8, 4) is 0 Å². The fourth-order valence-electron chi connectivity index (χ4n) is 4.55. The number of hydrogen-bond acceptors (Lipinski definition) is 3. The smallest absolute Gasteiger partial charge is 0.0542 e. The summed E-state index contributed by atoms with van der Waals surface area (Å²) >= 11 is 1.94. The highest BCUT2D eigenvalue weighted by atomic mass is 32.1. The third-order valence-electron chi connectivity index (χ3n) is 6.28. The minimum atomic E-state index is 0.936. The molecule has 33 heavy (non-hydrogen) atoms. The average molecular weight is 457 g/mol. The Morgan fingerprint density at radius 2 is 1.73 bits per heavy atom. The van der Waals surface area contributed by atoms with Crippen LogP contribution in [0.1, 0.15) is 49.1 Å². The Morgan fingerprint density at radius 1 is 0.939 bits per heavy atom. The fourth-order valence-corrected chi connectivity index (χ4v) is 5.83. The Kier molecular flexibility index (Phi) is 8.20. The number of nitrogens with zero attached hydrogens (tertiary/aromatic N) is 1. The van der Waals surface area contributed by atoms with Gasteiger partial charge < -0.3 is 10.2 Å². The van der Waals surface area contributed by atoms with Gasteiger partial charge in [0, 0.05) is 17.8 Å². The summed E-state index contributed by atoms with van der Waals surface area (Å²) in [6.45, 7) is 10.9. The first-order valence-corrected chi connectivity index (χ1v) is 13.1. The second-order valence-corrected chi connectivity index (χ2v) is 9.77. The number of nitrogens with one attached hydrogen (secondary N) is 1. The summed E-state index contributed by atoms with van der Waals surface area (Å²) in [5, 5.41) is 7.49. The van der Waals surface area contributed by atoms with E-state index in [0.717, 1.165) is 32.6 Å². The van der Waals surface area contributed by atoms with Gasteiger partial charge in [0.1, 0.15) is 0 Å². The van der Waals surface area contributed by atoms with Crippen LogP contribution in [0, 0.1) is 6.92 Å². The lowest BCUT2D eigenvalue weighted by Gasteiger charge is -2.28. The van der Waals surface area contributed by atoms with Crippen LogP contribution in [0.25, 0.3) is 26.6 Å². The van der Waals surface area contributed by atoms with Crippen molar-refractivity contribution in [1.29, 1.82) is 0 Å². The van der Waals surface area contributed by atoms with Gasteiger partial charge in [-0.2, -0.15) is 0 Å². The zero-order chi connectivity index (χ0) is 23.0. The molecule has 0 amide bonds. The molecule has 3 aromatic carbocycles. The SMILES string of the molecule is CC/C=C(\c1sc2ccccc2c1C)N(CCCCNCC)Cc1ccc2ccccc2c1. The van der Waals surface area contributed by atoms with E-state index < -0.39 is 0 Å². The molecule has 1 heterocycles. The van der Waals surface area contributed by atoms with Crippen LogP contribution in [0.2, 0.25) is 0 Å². The molecule has 0 spiro atoms. The van der Waals surface area contributed by atoms with Crippen molar-refractivity contribution in [3.05, 3.63) is 88.8 Å². The number of fused-ring (bicyclic) bond motifs is 2. The van der Waals surface area contributed by atoms with Crippen LogP contribution in [-0.2, 0) is 6.54 Å². The van der Waals surface area contributed by atoms with Gasteiger partial charge in [-0.25, -0.2) is 0 Å². The molecule has 0 bridgehead atoms. The molecule has 0 aliphatic heterocycles. The van der Waals surface area contributed by atoms with Crippen LogP contribution < -0.4 is 5.32 Å². The zero-order valence-electron chi connectivity index (χ0n) is 20.2. The lowest BCUT2D eigenvalue weighted by molar-refractivity contribution is 0.376. The molecule has 0 fully saturated rings. The molecule has 172 valence electrons. The zero-order valence-corrected chi connectivity index (χ0v) is 21.0. The molecule has 1 aromatic heterocycles. The number of rotatable bonds is 11. The molecule has 0 saturated heterocycles. The first-order valence-electron chi connectivity index (χ1n) is 12.3. The predicted molar refractivity (Wildman–Crippen MR) is 147 cm³/mol. The highest BCUT2D eigenvalue weighted by Crippen LogP contribution is 2.37. The van der Waals surface area contributed by atoms with Crippen molar-refractivity contribution in [3.63, 3.8) is 0 Å². The Hall–Kier alpha value is -2.62. The Morgan fingerprint density at radius 3 is 2.52 bits per heavy atom. The lowest BCUT2D eigenvalue weighted by Crippen LogP contribution is -2.24. The van der Waals surface area contributed by atoms with E-state index in [1.165, 1.54) is 55.4 Å². The van der Waals surface area contributed by atoms with E-state index in [0.29, 0.717) is 0 Å². The maximum absolute atomic E-state index is 3.47. The average Bonchev–Trinajstić information content (AvgIpc) is 3.18. The topological polar surface area (TPSA) is 15.3 Å². The molecular weight excluding hydrogens is 420 g/mol. The second kappa shape index (κ2) is 11.5. The van der Waals surface area contributed by atoms with Crippen LogP contribution in [-0.4, -0.2) is 24.5 Å². The largest absolute Gasteiger partial charge is 0.366 e. The monoisotopic (exact) mass is 456 g/mol. The maximum atomic E-state index is 3.47. The minimum absolute atomic E-state index is 0.936. The Bertz CT molecular complexity index is 1220. The van der Waals surface area contributed by atoms with Gasteiger partial charge >= 0.3 is 0 Å². The molecule has 0 aliphatic rings. The quantitative estimate of drug-likeness (QED) is 0.230. The summed E-state index contributed by atoms with van der Waals surface area (Å²) in [7, 11) is 0. The molecule has 0 atom stereocenters. The third kappa shape index (κ3) is 5.66. The van der Waals surface area contributed by atoms with E-state index in [2.05, 4.69) is 104 Å². The van der Waals surface area contributed by atoms with E-state index in [9.17, 15) is 0 Å². The van der Waals surface area contributed by atoms with Gasteiger partial charge in [0.25, 0.3) is 0 Å². The van der Waals surface area contributed by atoms with Crippen molar-refractivity contribution < 1.29 is 0 Å². The van der Waals surface area contributed by atoms with E-state index in [1.54, 1.807) is 0 Å². The molecule has 1 N–H and O–H groups in total. The summed E-state index contributed by atoms with van der Waals surface area (Å²) in [5.74, 6) is 0. The van der Waals surface area contributed by atoms with Crippen LogP contribution in [0.5, 0.6) is 0 Å². The summed E-state index contributed by atoms with van der Waals surface area (Å²) in [6, 6.07) is 24.4. The molecule has 3 heteroatoms.